The van der Waals surface area contributed by atoms with Crippen molar-refractivity contribution in [1.29, 1.82) is 0 Å². The van der Waals surface area contributed by atoms with Crippen molar-refractivity contribution in [3.8, 4) is 16.2 Å². The van der Waals surface area contributed by atoms with Crippen LogP contribution in [-0.4, -0.2) is 15.0 Å². The molecule has 2 rings (SSSR count). The lowest BCUT2D eigenvalue weighted by molar-refractivity contribution is 0.340. The highest BCUT2D eigenvalue weighted by atomic mass is 127. The first-order chi connectivity index (χ1) is 8.50. The number of benzene rings is 1. The lowest BCUT2D eigenvalue weighted by Crippen LogP contribution is -1.90. The van der Waals surface area contributed by atoms with Gasteiger partial charge in [-0.05, 0) is 48.9 Å². The van der Waals surface area contributed by atoms with Crippen LogP contribution in [0.5, 0.6) is 5.75 Å². The molecule has 0 spiro atoms. The second-order valence-electron chi connectivity index (χ2n) is 3.51. The Morgan fingerprint density at radius 2 is 1.83 bits per heavy atom. The summed E-state index contributed by atoms with van der Waals surface area (Å²) in [5, 5.41) is 0. The molecule has 0 N–H and O–H groups in total. The van der Waals surface area contributed by atoms with E-state index < -0.39 is 7.01 Å². The van der Waals surface area contributed by atoms with Crippen LogP contribution >= 0.6 is 32.5 Å². The first-order valence-corrected chi connectivity index (χ1v) is 10.1. The molecule has 0 bridgehead atoms. The van der Waals surface area contributed by atoms with Crippen molar-refractivity contribution in [3.63, 3.8) is 0 Å². The van der Waals surface area contributed by atoms with Gasteiger partial charge in [0.05, 0.1) is 27.8 Å². The fourth-order valence-corrected chi connectivity index (χ4v) is 4.38. The van der Waals surface area contributed by atoms with Gasteiger partial charge in [-0.3, -0.25) is 0 Å². The Balaban J connectivity index is 2.29. The van der Waals surface area contributed by atoms with Crippen LogP contribution in [0.25, 0.3) is 10.4 Å². The van der Waals surface area contributed by atoms with Crippen LogP contribution in [0.2, 0.25) is 0 Å². The van der Waals surface area contributed by atoms with E-state index in [2.05, 4.69) is 0 Å². The van der Waals surface area contributed by atoms with Crippen LogP contribution in [0.3, 0.4) is 0 Å². The lowest BCUT2D eigenvalue weighted by atomic mass is 10.2. The molecule has 2 aromatic rings. The standard InChI is InChI=1S/C12H11IO3S2/c1-2-16-10-5-3-9(4-6-10)11-7-8-12(17-11)18(13,14)15/h3-8H,2H2,1H3. The molecular formula is C12H11IO3S2. The molecule has 18 heavy (non-hydrogen) atoms. The summed E-state index contributed by atoms with van der Waals surface area (Å²) in [4.78, 5) is 0.938. The maximum absolute atomic E-state index is 11.4. The Morgan fingerprint density at radius 3 is 2.33 bits per heavy atom. The highest BCUT2D eigenvalue weighted by Crippen LogP contribution is 2.33. The average molecular weight is 394 g/mol. The first kappa shape index (κ1) is 13.8. The van der Waals surface area contributed by atoms with E-state index in [0.717, 1.165) is 16.2 Å². The number of halogens is 1. The Morgan fingerprint density at radius 1 is 1.17 bits per heavy atom. The zero-order valence-corrected chi connectivity index (χ0v) is 13.4. The van der Waals surface area contributed by atoms with Crippen LogP contribution in [-0.2, 0) is 7.01 Å². The number of ether oxygens (including phenoxy) is 1. The predicted octanol–water partition coefficient (Wildman–Crippen LogP) is 3.94. The van der Waals surface area contributed by atoms with Crippen LogP contribution < -0.4 is 4.74 Å². The van der Waals surface area contributed by atoms with E-state index in [9.17, 15) is 8.42 Å². The van der Waals surface area contributed by atoms with E-state index in [1.807, 2.05) is 37.3 Å². The molecule has 0 unspecified atom stereocenters. The normalized spacial score (nSPS) is 11.4. The molecule has 3 nitrogen and oxygen atoms in total. The van der Waals surface area contributed by atoms with Gasteiger partial charge in [-0.15, -0.1) is 11.3 Å². The number of hydrogen-bond donors (Lipinski definition) is 0. The summed E-state index contributed by atoms with van der Waals surface area (Å²) >= 11 is 2.73. The van der Waals surface area contributed by atoms with E-state index in [1.165, 1.54) is 32.5 Å². The molecule has 1 aromatic carbocycles. The van der Waals surface area contributed by atoms with E-state index >= 15 is 0 Å². The van der Waals surface area contributed by atoms with Gasteiger partial charge in [-0.25, -0.2) is 8.42 Å². The third-order valence-corrected chi connectivity index (χ3v) is 7.05. The van der Waals surface area contributed by atoms with E-state index in [1.54, 1.807) is 6.07 Å². The zero-order valence-electron chi connectivity index (χ0n) is 9.59. The van der Waals surface area contributed by atoms with Crippen LogP contribution in [0.15, 0.2) is 40.6 Å². The lowest BCUT2D eigenvalue weighted by Gasteiger charge is -2.03. The second-order valence-corrected chi connectivity index (χ2v) is 9.65. The van der Waals surface area contributed by atoms with E-state index in [0.29, 0.717) is 10.8 Å². The monoisotopic (exact) mass is 394 g/mol. The topological polar surface area (TPSA) is 43.4 Å². The molecule has 0 radical (unpaired) electrons. The molecule has 0 atom stereocenters. The molecule has 0 fully saturated rings. The largest absolute Gasteiger partial charge is 0.494 e. The van der Waals surface area contributed by atoms with Gasteiger partial charge < -0.3 is 4.74 Å². The van der Waals surface area contributed by atoms with Crippen molar-refractivity contribution in [2.24, 2.45) is 0 Å². The molecule has 0 saturated carbocycles. The molecule has 0 aliphatic carbocycles. The molecule has 0 amide bonds. The highest BCUT2D eigenvalue weighted by Gasteiger charge is 2.13. The molecule has 1 heterocycles. The third kappa shape index (κ3) is 3.24. The summed E-state index contributed by atoms with van der Waals surface area (Å²) in [5.74, 6) is 0.819. The Kier molecular flexibility index (Phi) is 4.29. The SMILES string of the molecule is CCOc1ccc(-c2ccc(S(=O)(=O)I)s2)cc1. The van der Waals surface area contributed by atoms with Crippen LogP contribution in [0.1, 0.15) is 6.92 Å². The van der Waals surface area contributed by atoms with Gasteiger partial charge in [-0.2, -0.15) is 0 Å². The maximum atomic E-state index is 11.4. The maximum Gasteiger partial charge on any atom is 0.240 e. The van der Waals surface area contributed by atoms with Crippen LogP contribution in [0.4, 0.5) is 0 Å². The smallest absolute Gasteiger partial charge is 0.240 e. The summed E-state index contributed by atoms with van der Waals surface area (Å²) in [5.41, 5.74) is 0.995. The molecule has 96 valence electrons. The molecule has 0 aliphatic rings. The van der Waals surface area contributed by atoms with Crippen molar-refractivity contribution in [3.05, 3.63) is 36.4 Å². The Labute approximate surface area is 122 Å². The van der Waals surface area contributed by atoms with Crippen molar-refractivity contribution >= 4 is 39.6 Å². The predicted molar refractivity (Wildman–Crippen MR) is 82.1 cm³/mol. The van der Waals surface area contributed by atoms with Crippen molar-refractivity contribution in [1.82, 2.24) is 0 Å². The minimum atomic E-state index is -3.14. The summed E-state index contributed by atoms with van der Waals surface area (Å²) in [6.07, 6.45) is 0. The number of hydrogen-bond acceptors (Lipinski definition) is 4. The summed E-state index contributed by atoms with van der Waals surface area (Å²) in [7, 11) is -3.14. The fraction of sp³-hybridized carbons (Fsp3) is 0.167. The minimum Gasteiger partial charge on any atom is -0.494 e. The quantitative estimate of drug-likeness (QED) is 0.583. The van der Waals surface area contributed by atoms with E-state index in [4.69, 9.17) is 4.74 Å². The van der Waals surface area contributed by atoms with Crippen molar-refractivity contribution in [2.45, 2.75) is 11.1 Å². The second kappa shape index (κ2) is 5.58. The Hall–Kier alpha value is -0.600. The fourth-order valence-electron chi connectivity index (χ4n) is 1.49. The molecule has 6 heteroatoms. The minimum absolute atomic E-state index is 0.381. The highest BCUT2D eigenvalue weighted by molar-refractivity contribution is 14.2. The van der Waals surface area contributed by atoms with Gasteiger partial charge in [0.25, 0.3) is 0 Å². The molecule has 0 aliphatic heterocycles. The number of thiophene rings is 1. The van der Waals surface area contributed by atoms with E-state index in [-0.39, 0.29) is 0 Å². The molecular weight excluding hydrogens is 383 g/mol. The Bertz CT molecular complexity index is 630. The zero-order chi connectivity index (χ0) is 13.2. The van der Waals surface area contributed by atoms with Crippen LogP contribution in [0, 0.1) is 0 Å². The van der Waals surface area contributed by atoms with Gasteiger partial charge >= 0.3 is 0 Å². The third-order valence-electron chi connectivity index (χ3n) is 2.27. The molecule has 0 saturated heterocycles. The summed E-state index contributed by atoms with van der Waals surface area (Å²) < 4.78 is 28.5. The van der Waals surface area contributed by atoms with Gasteiger partial charge in [0.1, 0.15) is 9.96 Å². The van der Waals surface area contributed by atoms with Gasteiger partial charge in [0.15, 0.2) is 0 Å². The number of rotatable bonds is 4. The van der Waals surface area contributed by atoms with Gasteiger partial charge in [-0.1, -0.05) is 0 Å². The first-order valence-electron chi connectivity index (χ1n) is 5.28. The summed E-state index contributed by atoms with van der Waals surface area (Å²) in [6.45, 7) is 2.57. The van der Waals surface area contributed by atoms with Crippen molar-refractivity contribution < 1.29 is 13.2 Å². The molecule has 1 aromatic heterocycles. The average Bonchev–Trinajstić information content (AvgIpc) is 2.79. The van der Waals surface area contributed by atoms with Gasteiger partial charge in [0.2, 0.25) is 7.01 Å². The van der Waals surface area contributed by atoms with Gasteiger partial charge in [0, 0.05) is 4.88 Å². The summed E-state index contributed by atoms with van der Waals surface area (Å²) in [6, 6.07) is 11.1. The van der Waals surface area contributed by atoms with Crippen molar-refractivity contribution in [2.75, 3.05) is 6.61 Å².